The van der Waals surface area contributed by atoms with Gasteiger partial charge in [0.25, 0.3) is 23.2 Å². The third kappa shape index (κ3) is 5.00. The normalized spacial score (nSPS) is 10.8. The SMILES string of the molecule is Cc1ccc([N+](=O)[O-])cc1C(=O)Nc1cc2nc3ccccc3nc2cc1NC(=O)c1cc([N+](=O)[O-])ccc1C. The molecule has 0 radical (unpaired) electrons. The van der Waals surface area contributed by atoms with Crippen molar-refractivity contribution in [3.05, 3.63) is 115 Å². The Morgan fingerprint density at radius 1 is 0.625 bits per heavy atom. The molecule has 40 heavy (non-hydrogen) atoms. The Balaban J connectivity index is 1.60. The van der Waals surface area contributed by atoms with Crippen LogP contribution in [0.3, 0.4) is 0 Å². The van der Waals surface area contributed by atoms with Crippen molar-refractivity contribution in [2.75, 3.05) is 10.6 Å². The molecule has 0 bridgehead atoms. The molecule has 12 nitrogen and oxygen atoms in total. The number of anilines is 2. The minimum atomic E-state index is -0.642. The maximum absolute atomic E-state index is 13.3. The van der Waals surface area contributed by atoms with Gasteiger partial charge >= 0.3 is 0 Å². The predicted molar refractivity (Wildman–Crippen MR) is 149 cm³/mol. The molecule has 0 spiro atoms. The van der Waals surface area contributed by atoms with Gasteiger partial charge in [0.1, 0.15) is 0 Å². The number of aryl methyl sites for hydroxylation is 2. The first-order valence-electron chi connectivity index (χ1n) is 11.9. The molecule has 198 valence electrons. The maximum Gasteiger partial charge on any atom is 0.270 e. The van der Waals surface area contributed by atoms with Crippen molar-refractivity contribution >= 4 is 56.6 Å². The minimum Gasteiger partial charge on any atom is -0.320 e. The highest BCUT2D eigenvalue weighted by molar-refractivity contribution is 6.12. The summed E-state index contributed by atoms with van der Waals surface area (Å²) in [5, 5.41) is 28.0. The summed E-state index contributed by atoms with van der Waals surface area (Å²) in [7, 11) is 0. The van der Waals surface area contributed by atoms with Crippen molar-refractivity contribution in [3.8, 4) is 0 Å². The van der Waals surface area contributed by atoms with E-state index in [-0.39, 0.29) is 33.9 Å². The van der Waals surface area contributed by atoms with Crippen LogP contribution in [0.4, 0.5) is 22.7 Å². The second-order valence-corrected chi connectivity index (χ2v) is 9.02. The zero-order chi connectivity index (χ0) is 28.6. The minimum absolute atomic E-state index is 0.0747. The lowest BCUT2D eigenvalue weighted by Gasteiger charge is -2.15. The third-order valence-electron chi connectivity index (χ3n) is 6.33. The fourth-order valence-electron chi connectivity index (χ4n) is 4.19. The molecule has 1 aromatic heterocycles. The highest BCUT2D eigenvalue weighted by Crippen LogP contribution is 2.30. The third-order valence-corrected chi connectivity index (χ3v) is 6.33. The molecule has 0 aliphatic rings. The van der Waals surface area contributed by atoms with Crippen molar-refractivity contribution < 1.29 is 19.4 Å². The topological polar surface area (TPSA) is 170 Å². The zero-order valence-corrected chi connectivity index (χ0v) is 21.2. The Morgan fingerprint density at radius 2 is 1.02 bits per heavy atom. The van der Waals surface area contributed by atoms with Gasteiger partial charge in [-0.2, -0.15) is 0 Å². The molecular formula is C28H20N6O6. The molecule has 0 aliphatic carbocycles. The van der Waals surface area contributed by atoms with Crippen LogP contribution in [0, 0.1) is 34.1 Å². The number of rotatable bonds is 6. The Morgan fingerprint density at radius 3 is 1.40 bits per heavy atom. The van der Waals surface area contributed by atoms with Crippen LogP contribution in [0.5, 0.6) is 0 Å². The number of non-ortho nitro benzene ring substituents is 2. The van der Waals surface area contributed by atoms with Crippen molar-refractivity contribution in [2.45, 2.75) is 13.8 Å². The molecule has 5 rings (SSSR count). The number of aromatic nitrogens is 2. The van der Waals surface area contributed by atoms with Crippen molar-refractivity contribution in [3.63, 3.8) is 0 Å². The Hall–Kier alpha value is -5.78. The summed E-state index contributed by atoms with van der Waals surface area (Å²) in [6, 6.07) is 18.2. The van der Waals surface area contributed by atoms with Crippen LogP contribution in [-0.2, 0) is 0 Å². The van der Waals surface area contributed by atoms with Crippen molar-refractivity contribution in [2.24, 2.45) is 0 Å². The lowest BCUT2D eigenvalue weighted by molar-refractivity contribution is -0.385. The van der Waals surface area contributed by atoms with Crippen LogP contribution in [0.2, 0.25) is 0 Å². The smallest absolute Gasteiger partial charge is 0.270 e. The number of nitrogens with one attached hydrogen (secondary N) is 2. The Kier molecular flexibility index (Phi) is 6.58. The summed E-state index contributed by atoms with van der Waals surface area (Å²) < 4.78 is 0. The molecule has 1 heterocycles. The van der Waals surface area contributed by atoms with Gasteiger partial charge in [-0.05, 0) is 49.2 Å². The van der Waals surface area contributed by atoms with E-state index in [1.807, 2.05) is 12.1 Å². The fourth-order valence-corrected chi connectivity index (χ4v) is 4.19. The van der Waals surface area contributed by atoms with E-state index in [0.717, 1.165) is 0 Å². The highest BCUT2D eigenvalue weighted by Gasteiger charge is 2.20. The number of hydrogen-bond acceptors (Lipinski definition) is 8. The second kappa shape index (κ2) is 10.2. The van der Waals surface area contributed by atoms with E-state index in [0.29, 0.717) is 33.2 Å². The molecule has 12 heteroatoms. The summed E-state index contributed by atoms with van der Waals surface area (Å²) >= 11 is 0. The second-order valence-electron chi connectivity index (χ2n) is 9.02. The van der Waals surface area contributed by atoms with Crippen LogP contribution < -0.4 is 10.6 Å². The number of nitro benzene ring substituents is 2. The van der Waals surface area contributed by atoms with E-state index in [2.05, 4.69) is 20.6 Å². The van der Waals surface area contributed by atoms with E-state index >= 15 is 0 Å². The number of carbonyl (C=O) groups excluding carboxylic acids is 2. The highest BCUT2D eigenvalue weighted by atomic mass is 16.6. The van der Waals surface area contributed by atoms with Gasteiger partial charge in [0, 0.05) is 35.4 Å². The summed E-state index contributed by atoms with van der Waals surface area (Å²) in [6.45, 7) is 3.29. The van der Waals surface area contributed by atoms with Gasteiger partial charge in [0.15, 0.2) is 0 Å². The largest absolute Gasteiger partial charge is 0.320 e. The molecular weight excluding hydrogens is 516 g/mol. The number of amides is 2. The summed E-state index contributed by atoms with van der Waals surface area (Å²) in [5.41, 5.74) is 3.06. The molecule has 0 unspecified atom stereocenters. The van der Waals surface area contributed by atoms with Gasteiger partial charge in [-0.3, -0.25) is 29.8 Å². The van der Waals surface area contributed by atoms with Crippen molar-refractivity contribution in [1.29, 1.82) is 0 Å². The van der Waals surface area contributed by atoms with E-state index < -0.39 is 21.7 Å². The first-order chi connectivity index (χ1) is 19.1. The molecule has 0 saturated carbocycles. The fraction of sp³-hybridized carbons (Fsp3) is 0.0714. The van der Waals surface area contributed by atoms with Crippen LogP contribution in [0.15, 0.2) is 72.8 Å². The Labute approximate surface area is 226 Å². The molecule has 0 saturated heterocycles. The van der Waals surface area contributed by atoms with Gasteiger partial charge in [-0.15, -0.1) is 0 Å². The molecule has 0 fully saturated rings. The van der Waals surface area contributed by atoms with E-state index in [1.165, 1.54) is 48.5 Å². The first-order valence-corrected chi connectivity index (χ1v) is 11.9. The van der Waals surface area contributed by atoms with Gasteiger partial charge in [0.2, 0.25) is 0 Å². The number of fused-ring (bicyclic) bond motifs is 2. The number of carbonyl (C=O) groups is 2. The van der Waals surface area contributed by atoms with E-state index in [1.54, 1.807) is 26.0 Å². The van der Waals surface area contributed by atoms with Gasteiger partial charge in [-0.1, -0.05) is 24.3 Å². The molecule has 5 aromatic rings. The molecule has 0 atom stereocenters. The zero-order valence-electron chi connectivity index (χ0n) is 21.2. The first kappa shape index (κ1) is 25.9. The van der Waals surface area contributed by atoms with Gasteiger partial charge < -0.3 is 10.6 Å². The number of para-hydroxylation sites is 2. The molecule has 4 aromatic carbocycles. The maximum atomic E-state index is 13.3. The number of benzene rings is 4. The lowest BCUT2D eigenvalue weighted by atomic mass is 10.1. The standard InChI is InChI=1S/C28H20N6O6/c1-15-7-9-17(33(37)38)11-19(15)27(35)31-25-13-23-24(30-22-6-4-3-5-21(22)29-23)14-26(25)32-28(36)20-12-18(34(39)40)10-8-16(20)2/h3-14H,1-2H3,(H,31,35)(H,32,36). The van der Waals surface area contributed by atoms with Crippen molar-refractivity contribution in [1.82, 2.24) is 9.97 Å². The monoisotopic (exact) mass is 536 g/mol. The van der Waals surface area contributed by atoms with E-state index in [9.17, 15) is 29.8 Å². The predicted octanol–water partition coefficient (Wildman–Crippen LogP) is 5.72. The number of hydrogen-bond donors (Lipinski definition) is 2. The average molecular weight is 537 g/mol. The average Bonchev–Trinajstić information content (AvgIpc) is 2.92. The van der Waals surface area contributed by atoms with E-state index in [4.69, 9.17) is 0 Å². The number of nitro groups is 2. The lowest BCUT2D eigenvalue weighted by Crippen LogP contribution is -2.18. The van der Waals surface area contributed by atoms with Crippen LogP contribution >= 0.6 is 0 Å². The quantitative estimate of drug-likeness (QED) is 0.158. The summed E-state index contributed by atoms with van der Waals surface area (Å²) in [6.07, 6.45) is 0. The van der Waals surface area contributed by atoms with Crippen LogP contribution in [-0.4, -0.2) is 31.6 Å². The van der Waals surface area contributed by atoms with Crippen LogP contribution in [0.1, 0.15) is 31.8 Å². The Bertz CT molecular complexity index is 1750. The molecule has 2 amide bonds. The summed E-state index contributed by atoms with van der Waals surface area (Å²) in [5.74, 6) is -1.28. The van der Waals surface area contributed by atoms with Gasteiger partial charge in [0.05, 0.1) is 43.3 Å². The molecule has 0 aliphatic heterocycles. The van der Waals surface area contributed by atoms with Gasteiger partial charge in [-0.25, -0.2) is 9.97 Å². The number of nitrogens with zero attached hydrogens (tertiary/aromatic N) is 4. The van der Waals surface area contributed by atoms with Crippen LogP contribution in [0.25, 0.3) is 22.1 Å². The summed E-state index contributed by atoms with van der Waals surface area (Å²) in [4.78, 5) is 57.1. The molecule has 2 N–H and O–H groups in total.